The Balaban J connectivity index is 1.28. The maximum atomic E-state index is 13.2. The van der Waals surface area contributed by atoms with Gasteiger partial charge in [0.15, 0.2) is 5.65 Å². The van der Waals surface area contributed by atoms with Crippen molar-refractivity contribution in [2.24, 2.45) is 0 Å². The van der Waals surface area contributed by atoms with E-state index in [4.69, 9.17) is 9.72 Å². The Kier molecular flexibility index (Phi) is 7.04. The van der Waals surface area contributed by atoms with E-state index in [0.29, 0.717) is 23.7 Å². The van der Waals surface area contributed by atoms with E-state index in [9.17, 15) is 4.79 Å². The minimum absolute atomic E-state index is 0.0691. The number of hydrogen-bond acceptors (Lipinski definition) is 5. The van der Waals surface area contributed by atoms with Gasteiger partial charge in [-0.05, 0) is 58.3 Å². The van der Waals surface area contributed by atoms with Gasteiger partial charge in [-0.3, -0.25) is 4.98 Å². The molecule has 0 atom stereocenters. The van der Waals surface area contributed by atoms with E-state index in [1.165, 1.54) is 0 Å². The average molecular weight is 557 g/mol. The molecule has 0 aliphatic carbocycles. The quantitative estimate of drug-likeness (QED) is 0.220. The van der Waals surface area contributed by atoms with Crippen LogP contribution in [0, 0.1) is 0 Å². The molecule has 0 spiro atoms. The molecule has 0 unspecified atom stereocenters. The highest BCUT2D eigenvalue weighted by Crippen LogP contribution is 2.35. The largest absolute Gasteiger partial charge is 0.495 e. The number of fused-ring (bicyclic) bond motifs is 2. The maximum Gasteiger partial charge on any atom is 0.323 e. The van der Waals surface area contributed by atoms with Crippen molar-refractivity contribution < 1.29 is 9.53 Å². The van der Waals surface area contributed by atoms with Crippen molar-refractivity contribution in [1.82, 2.24) is 19.5 Å². The number of aromatic nitrogens is 4. The van der Waals surface area contributed by atoms with Crippen LogP contribution in [0.3, 0.4) is 0 Å². The number of anilines is 2. The molecule has 2 N–H and O–H groups in total. The molecule has 0 aliphatic rings. The lowest BCUT2D eigenvalue weighted by Gasteiger charge is -2.21. The van der Waals surface area contributed by atoms with Gasteiger partial charge >= 0.3 is 6.03 Å². The second-order valence-electron chi connectivity index (χ2n) is 11.2. The molecule has 42 heavy (non-hydrogen) atoms. The molecule has 8 heteroatoms. The molecule has 3 aromatic heterocycles. The number of amides is 2. The summed E-state index contributed by atoms with van der Waals surface area (Å²) >= 11 is 0. The van der Waals surface area contributed by atoms with Crippen molar-refractivity contribution in [1.29, 1.82) is 0 Å². The van der Waals surface area contributed by atoms with Gasteiger partial charge in [0, 0.05) is 23.3 Å². The SMILES string of the molecule is COc1ccc(C(C)(C)C)cc1NC(=O)Nc1ccc(-c2cnc3c(c2)ncn3Cc2ccccn2)c2ccccc12. The molecule has 8 nitrogen and oxygen atoms in total. The van der Waals surface area contributed by atoms with Gasteiger partial charge in [-0.1, -0.05) is 63.2 Å². The third kappa shape index (κ3) is 5.39. The van der Waals surface area contributed by atoms with Gasteiger partial charge in [-0.2, -0.15) is 0 Å². The first-order chi connectivity index (χ1) is 20.3. The summed E-state index contributed by atoms with van der Waals surface area (Å²) in [4.78, 5) is 27.0. The van der Waals surface area contributed by atoms with Gasteiger partial charge in [0.05, 0.1) is 37.1 Å². The Hall–Kier alpha value is -5.24. The van der Waals surface area contributed by atoms with Gasteiger partial charge in [-0.15, -0.1) is 0 Å². The summed E-state index contributed by atoms with van der Waals surface area (Å²) in [6.45, 7) is 7.00. The number of carbonyl (C=O) groups is 1. The van der Waals surface area contributed by atoms with Gasteiger partial charge in [0.25, 0.3) is 0 Å². The molecular weight excluding hydrogens is 524 g/mol. The molecule has 6 rings (SSSR count). The first-order valence-corrected chi connectivity index (χ1v) is 13.8. The van der Waals surface area contributed by atoms with E-state index in [1.807, 2.05) is 89.6 Å². The molecule has 2 amide bonds. The highest BCUT2D eigenvalue weighted by molar-refractivity contribution is 6.10. The molecule has 0 bridgehead atoms. The van der Waals surface area contributed by atoms with Crippen molar-refractivity contribution in [3.05, 3.63) is 109 Å². The minimum Gasteiger partial charge on any atom is -0.495 e. The standard InChI is InChI=1S/C34H32N6O2/c1-34(2,3)23-12-15-31(42-4)29(18-23)39-33(41)38-28-14-13-25(26-10-5-6-11-27(26)28)22-17-30-32(36-19-22)40(21-37-30)20-24-9-7-8-16-35-24/h5-19,21H,20H2,1-4H3,(H2,38,39,41). The summed E-state index contributed by atoms with van der Waals surface area (Å²) in [6.07, 6.45) is 5.45. The number of nitrogens with zero attached hydrogens (tertiary/aromatic N) is 4. The normalized spacial score (nSPS) is 11.5. The average Bonchev–Trinajstić information content (AvgIpc) is 3.39. The summed E-state index contributed by atoms with van der Waals surface area (Å²) in [5.74, 6) is 0.601. The third-order valence-electron chi connectivity index (χ3n) is 7.31. The molecule has 6 aromatic rings. The first-order valence-electron chi connectivity index (χ1n) is 13.8. The number of benzene rings is 3. The fraction of sp³-hybridized carbons (Fsp3) is 0.176. The molecule has 0 saturated heterocycles. The number of hydrogen-bond donors (Lipinski definition) is 2. The smallest absolute Gasteiger partial charge is 0.323 e. The van der Waals surface area contributed by atoms with Crippen LogP contribution in [0.15, 0.2) is 97.6 Å². The van der Waals surface area contributed by atoms with Crippen LogP contribution in [0.4, 0.5) is 16.2 Å². The Labute approximate surface area is 244 Å². The third-order valence-corrected chi connectivity index (χ3v) is 7.31. The van der Waals surface area contributed by atoms with E-state index in [-0.39, 0.29) is 11.4 Å². The van der Waals surface area contributed by atoms with E-state index >= 15 is 0 Å². The number of nitrogens with one attached hydrogen (secondary N) is 2. The summed E-state index contributed by atoms with van der Waals surface area (Å²) in [6, 6.07) is 25.4. The molecule has 0 fully saturated rings. The van der Waals surface area contributed by atoms with Crippen LogP contribution in [0.25, 0.3) is 33.1 Å². The van der Waals surface area contributed by atoms with Crippen molar-refractivity contribution >= 4 is 39.3 Å². The molecular formula is C34H32N6O2. The number of methoxy groups -OCH3 is 1. The zero-order valence-corrected chi connectivity index (χ0v) is 24.1. The Morgan fingerprint density at radius 3 is 2.40 bits per heavy atom. The Morgan fingerprint density at radius 2 is 1.64 bits per heavy atom. The lowest BCUT2D eigenvalue weighted by Crippen LogP contribution is -2.21. The van der Waals surface area contributed by atoms with Gasteiger partial charge in [0.2, 0.25) is 0 Å². The second-order valence-corrected chi connectivity index (χ2v) is 11.2. The van der Waals surface area contributed by atoms with Crippen molar-refractivity contribution in [3.8, 4) is 16.9 Å². The summed E-state index contributed by atoms with van der Waals surface area (Å²) in [7, 11) is 1.60. The number of pyridine rings is 2. The minimum atomic E-state index is -0.348. The first kappa shape index (κ1) is 27.0. The number of imidazole rings is 1. The number of carbonyl (C=O) groups excluding carboxylic acids is 1. The predicted molar refractivity (Wildman–Crippen MR) is 168 cm³/mol. The molecule has 3 aromatic carbocycles. The molecule has 0 saturated carbocycles. The highest BCUT2D eigenvalue weighted by atomic mass is 16.5. The second kappa shape index (κ2) is 11.0. The topological polar surface area (TPSA) is 94.0 Å². The lowest BCUT2D eigenvalue weighted by atomic mass is 9.87. The molecule has 0 aliphatic heterocycles. The van der Waals surface area contributed by atoms with Gasteiger partial charge in [0.1, 0.15) is 11.3 Å². The van der Waals surface area contributed by atoms with Crippen molar-refractivity contribution in [2.75, 3.05) is 17.7 Å². The molecule has 210 valence electrons. The summed E-state index contributed by atoms with van der Waals surface area (Å²) < 4.78 is 7.50. The van der Waals surface area contributed by atoms with Crippen LogP contribution in [-0.2, 0) is 12.0 Å². The van der Waals surface area contributed by atoms with Crippen LogP contribution in [0.2, 0.25) is 0 Å². The Bertz CT molecular complexity index is 1910. The zero-order valence-electron chi connectivity index (χ0n) is 24.1. The molecule has 3 heterocycles. The summed E-state index contributed by atoms with van der Waals surface area (Å²) in [5, 5.41) is 7.92. The fourth-order valence-electron chi connectivity index (χ4n) is 5.09. The predicted octanol–water partition coefficient (Wildman–Crippen LogP) is 7.64. The zero-order chi connectivity index (χ0) is 29.3. The van der Waals surface area contributed by atoms with E-state index in [0.717, 1.165) is 44.3 Å². The highest BCUT2D eigenvalue weighted by Gasteiger charge is 2.18. The van der Waals surface area contributed by atoms with Crippen LogP contribution >= 0.6 is 0 Å². The van der Waals surface area contributed by atoms with Crippen molar-refractivity contribution in [2.45, 2.75) is 32.7 Å². The fourth-order valence-corrected chi connectivity index (χ4v) is 5.09. The van der Waals surface area contributed by atoms with Crippen molar-refractivity contribution in [3.63, 3.8) is 0 Å². The van der Waals surface area contributed by atoms with E-state index in [1.54, 1.807) is 19.6 Å². The molecule has 0 radical (unpaired) electrons. The monoisotopic (exact) mass is 556 g/mol. The maximum absolute atomic E-state index is 13.2. The van der Waals surface area contributed by atoms with Gasteiger partial charge < -0.3 is 19.9 Å². The summed E-state index contributed by atoms with van der Waals surface area (Å²) in [5.41, 5.74) is 6.85. The van der Waals surface area contributed by atoms with Crippen LogP contribution in [0.1, 0.15) is 32.0 Å². The number of ether oxygens (including phenoxy) is 1. The van der Waals surface area contributed by atoms with Crippen LogP contribution in [-0.4, -0.2) is 32.7 Å². The van der Waals surface area contributed by atoms with Gasteiger partial charge in [-0.25, -0.2) is 14.8 Å². The van der Waals surface area contributed by atoms with Crippen LogP contribution in [0.5, 0.6) is 5.75 Å². The van der Waals surface area contributed by atoms with Crippen LogP contribution < -0.4 is 15.4 Å². The number of urea groups is 1. The lowest BCUT2D eigenvalue weighted by molar-refractivity contribution is 0.262. The van der Waals surface area contributed by atoms with E-state index < -0.39 is 0 Å². The number of rotatable bonds is 6. The van der Waals surface area contributed by atoms with E-state index in [2.05, 4.69) is 41.4 Å². The Morgan fingerprint density at radius 1 is 0.857 bits per heavy atom.